The van der Waals surface area contributed by atoms with Crippen molar-refractivity contribution >= 4 is 11.9 Å². The van der Waals surface area contributed by atoms with Crippen molar-refractivity contribution in [3.63, 3.8) is 0 Å². The number of carboxylic acid groups (broad SMARTS) is 1. The highest BCUT2D eigenvalue weighted by Gasteiger charge is 2.52. The number of nitrogens with zero attached hydrogens (tertiary/aromatic N) is 2. The van der Waals surface area contributed by atoms with Crippen molar-refractivity contribution < 1.29 is 19.1 Å². The Hall–Kier alpha value is -2.73. The standard InChI is InChI=1S/C27H33FN2O3/c1-19(2)17-30-24(15-20-5-9-23(28)10-6-20)16-27(26(30)33)11-13-29(14-12-27)18-21-3-7-22(8-4-21)25(31)32/h3-10,19,24H,11-18H2,1-2H3,(H,31,32)/t24-/m0/s1. The molecule has 33 heavy (non-hydrogen) atoms. The van der Waals surface area contributed by atoms with Crippen LogP contribution in [0.25, 0.3) is 0 Å². The van der Waals surface area contributed by atoms with Crippen LogP contribution < -0.4 is 0 Å². The molecule has 176 valence electrons. The lowest BCUT2D eigenvalue weighted by Crippen LogP contribution is -2.45. The number of halogens is 1. The van der Waals surface area contributed by atoms with Crippen molar-refractivity contribution in [2.75, 3.05) is 19.6 Å². The third kappa shape index (κ3) is 5.27. The van der Waals surface area contributed by atoms with Gasteiger partial charge in [-0.25, -0.2) is 9.18 Å². The third-order valence-electron chi connectivity index (χ3n) is 7.15. The van der Waals surface area contributed by atoms with Crippen molar-refractivity contribution in [1.29, 1.82) is 0 Å². The summed E-state index contributed by atoms with van der Waals surface area (Å²) >= 11 is 0. The number of carboxylic acids is 1. The van der Waals surface area contributed by atoms with E-state index in [9.17, 15) is 14.0 Å². The lowest BCUT2D eigenvalue weighted by molar-refractivity contribution is -0.139. The number of hydrogen-bond donors (Lipinski definition) is 1. The van der Waals surface area contributed by atoms with Crippen LogP contribution in [0.5, 0.6) is 0 Å². The Balaban J connectivity index is 1.42. The van der Waals surface area contributed by atoms with Crippen LogP contribution in [0.3, 0.4) is 0 Å². The lowest BCUT2D eigenvalue weighted by Gasteiger charge is -2.38. The van der Waals surface area contributed by atoms with E-state index in [1.54, 1.807) is 12.1 Å². The maximum atomic E-state index is 13.6. The van der Waals surface area contributed by atoms with E-state index in [1.165, 1.54) is 12.1 Å². The Morgan fingerprint density at radius 1 is 1.06 bits per heavy atom. The number of piperidine rings is 1. The average Bonchev–Trinajstić information content (AvgIpc) is 3.02. The Bertz CT molecular complexity index is 979. The van der Waals surface area contributed by atoms with E-state index < -0.39 is 5.97 Å². The first-order valence-electron chi connectivity index (χ1n) is 11.9. The molecule has 1 spiro atoms. The summed E-state index contributed by atoms with van der Waals surface area (Å²) in [5.41, 5.74) is 2.15. The van der Waals surface area contributed by atoms with Crippen LogP contribution in [0.4, 0.5) is 4.39 Å². The molecule has 6 heteroatoms. The SMILES string of the molecule is CC(C)CN1C(=O)C2(CCN(Cc3ccc(C(=O)O)cc3)CC2)C[C@@H]1Cc1ccc(F)cc1. The number of likely N-dealkylation sites (tertiary alicyclic amines) is 2. The summed E-state index contributed by atoms with van der Waals surface area (Å²) in [6.07, 6.45) is 3.30. The van der Waals surface area contributed by atoms with Crippen LogP contribution in [0, 0.1) is 17.2 Å². The normalized spacial score (nSPS) is 20.7. The average molecular weight is 453 g/mol. The molecule has 4 rings (SSSR count). The van der Waals surface area contributed by atoms with E-state index in [0.29, 0.717) is 11.5 Å². The topological polar surface area (TPSA) is 60.9 Å². The fourth-order valence-corrected chi connectivity index (χ4v) is 5.39. The minimum atomic E-state index is -0.914. The Morgan fingerprint density at radius 2 is 1.67 bits per heavy atom. The molecule has 5 nitrogen and oxygen atoms in total. The van der Waals surface area contributed by atoms with Crippen molar-refractivity contribution in [2.45, 2.75) is 52.1 Å². The molecule has 0 aromatic heterocycles. The Morgan fingerprint density at radius 3 is 2.24 bits per heavy atom. The number of aromatic carboxylic acids is 1. The van der Waals surface area contributed by atoms with Gasteiger partial charge in [-0.05, 0) is 80.1 Å². The van der Waals surface area contributed by atoms with E-state index in [0.717, 1.165) is 63.0 Å². The number of carbonyl (C=O) groups excluding carboxylic acids is 1. The predicted octanol–water partition coefficient (Wildman–Crippen LogP) is 4.61. The highest BCUT2D eigenvalue weighted by Crippen LogP contribution is 2.45. The van der Waals surface area contributed by atoms with Crippen LogP contribution in [0.15, 0.2) is 48.5 Å². The van der Waals surface area contributed by atoms with Crippen molar-refractivity contribution in [3.8, 4) is 0 Å². The van der Waals surface area contributed by atoms with E-state index in [4.69, 9.17) is 5.11 Å². The molecule has 0 aliphatic carbocycles. The van der Waals surface area contributed by atoms with Crippen molar-refractivity contribution in [2.24, 2.45) is 11.3 Å². The summed E-state index contributed by atoms with van der Waals surface area (Å²) in [6.45, 7) is 7.51. The Labute approximate surface area is 195 Å². The third-order valence-corrected chi connectivity index (χ3v) is 7.15. The molecule has 0 saturated carbocycles. The van der Waals surface area contributed by atoms with E-state index in [2.05, 4.69) is 23.6 Å². The second-order valence-electron chi connectivity index (χ2n) is 10.1. The molecule has 2 fully saturated rings. The highest BCUT2D eigenvalue weighted by molar-refractivity contribution is 5.87. The zero-order valence-electron chi connectivity index (χ0n) is 19.5. The van der Waals surface area contributed by atoms with Gasteiger partial charge in [0.25, 0.3) is 0 Å². The van der Waals surface area contributed by atoms with E-state index >= 15 is 0 Å². The van der Waals surface area contributed by atoms with Gasteiger partial charge in [-0.1, -0.05) is 38.1 Å². The molecule has 0 radical (unpaired) electrons. The second-order valence-corrected chi connectivity index (χ2v) is 10.1. The first-order chi connectivity index (χ1) is 15.8. The van der Waals surface area contributed by atoms with Crippen LogP contribution in [0.1, 0.15) is 54.6 Å². The van der Waals surface area contributed by atoms with Gasteiger partial charge in [0.05, 0.1) is 11.0 Å². The molecule has 2 saturated heterocycles. The van der Waals surface area contributed by atoms with Gasteiger partial charge >= 0.3 is 5.97 Å². The number of benzene rings is 2. The summed E-state index contributed by atoms with van der Waals surface area (Å²) in [6, 6.07) is 13.8. The van der Waals surface area contributed by atoms with Gasteiger partial charge in [-0.3, -0.25) is 9.69 Å². The maximum Gasteiger partial charge on any atom is 0.335 e. The summed E-state index contributed by atoms with van der Waals surface area (Å²) in [5.74, 6) is -0.466. The van der Waals surface area contributed by atoms with Gasteiger partial charge < -0.3 is 10.0 Å². The van der Waals surface area contributed by atoms with Gasteiger partial charge in [0.2, 0.25) is 5.91 Å². The fourth-order valence-electron chi connectivity index (χ4n) is 5.39. The molecule has 1 amide bonds. The number of hydrogen-bond acceptors (Lipinski definition) is 3. The molecule has 2 aromatic carbocycles. The molecule has 0 bridgehead atoms. The smallest absolute Gasteiger partial charge is 0.335 e. The molecule has 0 unspecified atom stereocenters. The molecular weight excluding hydrogens is 419 g/mol. The number of amides is 1. The highest BCUT2D eigenvalue weighted by atomic mass is 19.1. The van der Waals surface area contributed by atoms with Crippen LogP contribution in [-0.2, 0) is 17.8 Å². The summed E-state index contributed by atoms with van der Waals surface area (Å²) < 4.78 is 13.3. The first kappa shape index (κ1) is 23.4. The van der Waals surface area contributed by atoms with Crippen LogP contribution >= 0.6 is 0 Å². The van der Waals surface area contributed by atoms with Gasteiger partial charge in [0.15, 0.2) is 0 Å². The van der Waals surface area contributed by atoms with Gasteiger partial charge in [-0.15, -0.1) is 0 Å². The van der Waals surface area contributed by atoms with Crippen molar-refractivity contribution in [3.05, 3.63) is 71.0 Å². The minimum absolute atomic E-state index is 0.153. The molecular formula is C27H33FN2O3. The fraction of sp³-hybridized carbons (Fsp3) is 0.481. The molecule has 2 aromatic rings. The summed E-state index contributed by atoms with van der Waals surface area (Å²) in [4.78, 5) is 29.1. The molecule has 2 aliphatic rings. The van der Waals surface area contributed by atoms with Crippen LogP contribution in [0.2, 0.25) is 0 Å². The monoisotopic (exact) mass is 452 g/mol. The summed E-state index contributed by atoms with van der Waals surface area (Å²) in [7, 11) is 0. The quantitative estimate of drug-likeness (QED) is 0.667. The minimum Gasteiger partial charge on any atom is -0.478 e. The van der Waals surface area contributed by atoms with Crippen LogP contribution in [-0.4, -0.2) is 52.5 Å². The van der Waals surface area contributed by atoms with Gasteiger partial charge in [-0.2, -0.15) is 0 Å². The molecule has 1 N–H and O–H groups in total. The number of rotatable bonds is 7. The molecule has 2 aliphatic heterocycles. The first-order valence-corrected chi connectivity index (χ1v) is 11.9. The lowest BCUT2D eigenvalue weighted by atomic mass is 9.75. The maximum absolute atomic E-state index is 13.6. The summed E-state index contributed by atoms with van der Waals surface area (Å²) in [5, 5.41) is 9.08. The largest absolute Gasteiger partial charge is 0.478 e. The van der Waals surface area contributed by atoms with Crippen molar-refractivity contribution in [1.82, 2.24) is 9.80 Å². The number of carbonyl (C=O) groups is 2. The Kier molecular flexibility index (Phi) is 6.84. The van der Waals surface area contributed by atoms with Gasteiger partial charge in [0.1, 0.15) is 5.82 Å². The zero-order chi connectivity index (χ0) is 23.6. The van der Waals surface area contributed by atoms with E-state index in [-0.39, 0.29) is 23.2 Å². The van der Waals surface area contributed by atoms with Gasteiger partial charge in [0, 0.05) is 19.1 Å². The zero-order valence-corrected chi connectivity index (χ0v) is 19.5. The predicted molar refractivity (Wildman–Crippen MR) is 125 cm³/mol. The molecule has 2 heterocycles. The van der Waals surface area contributed by atoms with E-state index in [1.807, 2.05) is 24.3 Å². The molecule has 1 atom stereocenters. The second kappa shape index (κ2) is 9.64.